The fourth-order valence-electron chi connectivity index (χ4n) is 1.88. The smallest absolute Gasteiger partial charge is 0.326 e. The topological polar surface area (TPSA) is 89.9 Å². The fraction of sp³-hybridized carbons (Fsp3) is 0.800. The molecular weight excluding hydrogens is 212 g/mol. The Bertz CT molecular complexity index is 270. The molecule has 92 valence electrons. The first-order valence-corrected chi connectivity index (χ1v) is 5.41. The van der Waals surface area contributed by atoms with Crippen LogP contribution in [0.15, 0.2) is 0 Å². The molecule has 16 heavy (non-hydrogen) atoms. The summed E-state index contributed by atoms with van der Waals surface area (Å²) in [5.41, 5.74) is 0. The van der Waals surface area contributed by atoms with Crippen LogP contribution in [-0.2, 0) is 9.59 Å². The highest BCUT2D eigenvalue weighted by molar-refractivity contribution is 5.84. The number of hydrogen-bond acceptors (Lipinski definition) is 4. The van der Waals surface area contributed by atoms with Gasteiger partial charge in [0.25, 0.3) is 0 Å². The molecular formula is C10H18N2O4. The van der Waals surface area contributed by atoms with E-state index in [0.29, 0.717) is 12.8 Å². The van der Waals surface area contributed by atoms with Crippen molar-refractivity contribution in [1.29, 1.82) is 0 Å². The Hall–Kier alpha value is -1.14. The molecule has 0 spiro atoms. The number of carboxylic acids is 1. The summed E-state index contributed by atoms with van der Waals surface area (Å²) in [5.74, 6) is -1.24. The molecule has 1 aliphatic heterocycles. The maximum Gasteiger partial charge on any atom is 0.326 e. The van der Waals surface area contributed by atoms with E-state index in [0.717, 1.165) is 6.54 Å². The number of nitrogens with one attached hydrogen (secondary N) is 1. The first-order chi connectivity index (χ1) is 7.56. The normalized spacial score (nSPS) is 24.8. The van der Waals surface area contributed by atoms with E-state index in [1.165, 1.54) is 4.90 Å². The molecule has 0 saturated carbocycles. The summed E-state index contributed by atoms with van der Waals surface area (Å²) in [5, 5.41) is 21.2. The van der Waals surface area contributed by atoms with Crippen molar-refractivity contribution in [1.82, 2.24) is 10.2 Å². The lowest BCUT2D eigenvalue weighted by Crippen LogP contribution is -2.40. The Morgan fingerprint density at radius 2 is 2.19 bits per heavy atom. The Morgan fingerprint density at radius 3 is 2.75 bits per heavy atom. The van der Waals surface area contributed by atoms with Gasteiger partial charge in [-0.3, -0.25) is 4.79 Å². The summed E-state index contributed by atoms with van der Waals surface area (Å²) in [6.07, 6.45) is 0.410. The molecule has 0 aromatic rings. The average Bonchev–Trinajstić information content (AvgIpc) is 2.61. The van der Waals surface area contributed by atoms with Crippen LogP contribution in [0.1, 0.15) is 19.3 Å². The minimum absolute atomic E-state index is 0.132. The predicted octanol–water partition coefficient (Wildman–Crippen LogP) is -0.968. The molecule has 1 saturated heterocycles. The molecule has 0 aromatic carbocycles. The van der Waals surface area contributed by atoms with Crippen molar-refractivity contribution in [2.45, 2.75) is 31.4 Å². The molecule has 1 unspecified atom stereocenters. The number of hydrogen-bond donors (Lipinski definition) is 3. The van der Waals surface area contributed by atoms with Crippen LogP contribution in [0.5, 0.6) is 0 Å². The number of aliphatic hydroxyl groups excluding tert-OH is 1. The van der Waals surface area contributed by atoms with Gasteiger partial charge in [-0.25, -0.2) is 4.79 Å². The number of carbonyl (C=O) groups is 2. The van der Waals surface area contributed by atoms with Gasteiger partial charge in [0.05, 0.1) is 6.10 Å². The highest BCUT2D eigenvalue weighted by Gasteiger charge is 2.38. The fourth-order valence-corrected chi connectivity index (χ4v) is 1.88. The number of aliphatic carboxylic acids is 1. The van der Waals surface area contributed by atoms with Gasteiger partial charge in [-0.15, -0.1) is 0 Å². The minimum Gasteiger partial charge on any atom is -0.480 e. The third-order valence-electron chi connectivity index (χ3n) is 2.70. The summed E-state index contributed by atoms with van der Waals surface area (Å²) < 4.78 is 0. The lowest BCUT2D eigenvalue weighted by molar-refractivity contribution is -0.148. The van der Waals surface area contributed by atoms with Crippen LogP contribution in [-0.4, -0.2) is 59.3 Å². The van der Waals surface area contributed by atoms with Crippen molar-refractivity contribution >= 4 is 11.9 Å². The number of nitrogens with zero attached hydrogens (tertiary/aromatic N) is 1. The van der Waals surface area contributed by atoms with E-state index in [1.54, 1.807) is 7.05 Å². The molecule has 1 aliphatic rings. The van der Waals surface area contributed by atoms with Crippen LogP contribution >= 0.6 is 0 Å². The van der Waals surface area contributed by atoms with E-state index in [1.807, 2.05) is 0 Å². The van der Waals surface area contributed by atoms with Gasteiger partial charge < -0.3 is 20.4 Å². The molecule has 0 aromatic heterocycles. The second-order valence-electron chi connectivity index (χ2n) is 4.00. The summed E-state index contributed by atoms with van der Waals surface area (Å²) in [7, 11) is 1.80. The van der Waals surface area contributed by atoms with Gasteiger partial charge in [0.1, 0.15) is 6.04 Å². The molecule has 1 rings (SSSR count). The molecule has 0 bridgehead atoms. The van der Waals surface area contributed by atoms with E-state index < -0.39 is 18.1 Å². The largest absolute Gasteiger partial charge is 0.480 e. The number of likely N-dealkylation sites (tertiary alicyclic amines) is 1. The minimum atomic E-state index is -1.04. The van der Waals surface area contributed by atoms with Gasteiger partial charge in [0.15, 0.2) is 0 Å². The average molecular weight is 230 g/mol. The summed E-state index contributed by atoms with van der Waals surface area (Å²) in [6.45, 7) is 0.856. The zero-order valence-electron chi connectivity index (χ0n) is 9.35. The van der Waals surface area contributed by atoms with Crippen LogP contribution in [0.2, 0.25) is 0 Å². The van der Waals surface area contributed by atoms with E-state index >= 15 is 0 Å². The van der Waals surface area contributed by atoms with Crippen molar-refractivity contribution in [3.63, 3.8) is 0 Å². The standard InChI is InChI=1S/C10H18N2O4/c1-11-4-2-3-9(14)12-6-7(13)5-8(12)10(15)16/h7-8,11,13H,2-6H2,1H3,(H,15,16)/t7?,8-/m0/s1. The van der Waals surface area contributed by atoms with Gasteiger partial charge >= 0.3 is 5.97 Å². The van der Waals surface area contributed by atoms with Crippen LogP contribution in [0.25, 0.3) is 0 Å². The third-order valence-corrected chi connectivity index (χ3v) is 2.70. The molecule has 1 amide bonds. The molecule has 0 aliphatic carbocycles. The van der Waals surface area contributed by atoms with Gasteiger partial charge in [-0.1, -0.05) is 0 Å². The molecule has 1 heterocycles. The lowest BCUT2D eigenvalue weighted by Gasteiger charge is -2.21. The number of β-amino-alcohol motifs (C(OH)–C–C–N with tert-alkyl or cyclic N) is 1. The van der Waals surface area contributed by atoms with E-state index in [2.05, 4.69) is 5.32 Å². The number of amides is 1. The number of carbonyl (C=O) groups excluding carboxylic acids is 1. The maximum atomic E-state index is 11.7. The van der Waals surface area contributed by atoms with Crippen LogP contribution in [0, 0.1) is 0 Å². The third kappa shape index (κ3) is 3.18. The predicted molar refractivity (Wildman–Crippen MR) is 56.9 cm³/mol. The zero-order valence-corrected chi connectivity index (χ0v) is 9.35. The van der Waals surface area contributed by atoms with Crippen molar-refractivity contribution in [3.05, 3.63) is 0 Å². The number of rotatable bonds is 5. The molecule has 1 fully saturated rings. The second kappa shape index (κ2) is 5.81. The lowest BCUT2D eigenvalue weighted by atomic mass is 10.2. The van der Waals surface area contributed by atoms with Gasteiger partial charge in [0, 0.05) is 19.4 Å². The zero-order chi connectivity index (χ0) is 12.1. The highest BCUT2D eigenvalue weighted by atomic mass is 16.4. The van der Waals surface area contributed by atoms with Crippen molar-refractivity contribution in [3.8, 4) is 0 Å². The van der Waals surface area contributed by atoms with Crippen LogP contribution < -0.4 is 5.32 Å². The summed E-state index contributed by atoms with van der Waals surface area (Å²) in [6, 6.07) is -0.864. The SMILES string of the molecule is CNCCCC(=O)N1CC(O)C[C@H]1C(=O)O. The summed E-state index contributed by atoms with van der Waals surface area (Å²) in [4.78, 5) is 23.8. The first-order valence-electron chi connectivity index (χ1n) is 5.41. The van der Waals surface area contributed by atoms with E-state index in [4.69, 9.17) is 5.11 Å². The van der Waals surface area contributed by atoms with Crippen LogP contribution in [0.4, 0.5) is 0 Å². The molecule has 6 heteroatoms. The number of carboxylic acid groups (broad SMARTS) is 1. The molecule has 2 atom stereocenters. The Morgan fingerprint density at radius 1 is 1.50 bits per heavy atom. The van der Waals surface area contributed by atoms with Crippen molar-refractivity contribution < 1.29 is 19.8 Å². The highest BCUT2D eigenvalue weighted by Crippen LogP contribution is 2.19. The van der Waals surface area contributed by atoms with Crippen molar-refractivity contribution in [2.24, 2.45) is 0 Å². The quantitative estimate of drug-likeness (QED) is 0.529. The number of aliphatic hydroxyl groups is 1. The molecule has 0 radical (unpaired) electrons. The van der Waals surface area contributed by atoms with E-state index in [9.17, 15) is 14.7 Å². The Kier molecular flexibility index (Phi) is 4.70. The maximum absolute atomic E-state index is 11.7. The van der Waals surface area contributed by atoms with Gasteiger partial charge in [-0.2, -0.15) is 0 Å². The second-order valence-corrected chi connectivity index (χ2v) is 4.00. The first kappa shape index (κ1) is 12.9. The van der Waals surface area contributed by atoms with Gasteiger partial charge in [-0.05, 0) is 20.0 Å². The molecule has 3 N–H and O–H groups in total. The Balaban J connectivity index is 2.50. The van der Waals surface area contributed by atoms with Crippen molar-refractivity contribution in [2.75, 3.05) is 20.1 Å². The monoisotopic (exact) mass is 230 g/mol. The van der Waals surface area contributed by atoms with E-state index in [-0.39, 0.29) is 18.9 Å². The Labute approximate surface area is 94.2 Å². The summed E-state index contributed by atoms with van der Waals surface area (Å²) >= 11 is 0. The van der Waals surface area contributed by atoms with Gasteiger partial charge in [0.2, 0.25) is 5.91 Å². The van der Waals surface area contributed by atoms with Crippen LogP contribution in [0.3, 0.4) is 0 Å². The molecule has 6 nitrogen and oxygen atoms in total.